The van der Waals surface area contributed by atoms with Gasteiger partial charge in [-0.05, 0) is 42.8 Å². The van der Waals surface area contributed by atoms with Crippen molar-refractivity contribution < 1.29 is 9.18 Å². The molecule has 0 spiro atoms. The lowest BCUT2D eigenvalue weighted by Gasteiger charge is -2.14. The maximum Gasteiger partial charge on any atom is 0.238 e. The van der Waals surface area contributed by atoms with Crippen LogP contribution in [0.2, 0.25) is 10.0 Å². The van der Waals surface area contributed by atoms with Crippen molar-refractivity contribution in [1.82, 2.24) is 5.32 Å². The van der Waals surface area contributed by atoms with Crippen molar-refractivity contribution in [1.29, 1.82) is 0 Å². The van der Waals surface area contributed by atoms with Gasteiger partial charge in [-0.25, -0.2) is 4.39 Å². The second kappa shape index (κ2) is 7.58. The molecule has 2 aromatic rings. The van der Waals surface area contributed by atoms with Gasteiger partial charge < -0.3 is 10.6 Å². The molecule has 0 saturated carbocycles. The van der Waals surface area contributed by atoms with Gasteiger partial charge in [-0.2, -0.15) is 0 Å². The lowest BCUT2D eigenvalue weighted by Crippen LogP contribution is -2.30. The molecule has 0 heterocycles. The van der Waals surface area contributed by atoms with E-state index in [0.717, 1.165) is 5.56 Å². The molecule has 6 heteroatoms. The lowest BCUT2D eigenvalue weighted by molar-refractivity contribution is -0.115. The van der Waals surface area contributed by atoms with Crippen molar-refractivity contribution in [2.45, 2.75) is 13.0 Å². The fourth-order valence-corrected chi connectivity index (χ4v) is 2.30. The Morgan fingerprint density at radius 1 is 1.18 bits per heavy atom. The number of nitrogens with one attached hydrogen (secondary N) is 2. The van der Waals surface area contributed by atoms with Gasteiger partial charge in [0, 0.05) is 16.1 Å². The Hall–Kier alpha value is -1.62. The minimum absolute atomic E-state index is 0.0413. The van der Waals surface area contributed by atoms with E-state index in [1.807, 2.05) is 25.1 Å². The molecule has 1 atom stereocenters. The number of hydrogen-bond donors (Lipinski definition) is 2. The number of hydrogen-bond acceptors (Lipinski definition) is 2. The summed E-state index contributed by atoms with van der Waals surface area (Å²) in [5.74, 6) is -0.879. The van der Waals surface area contributed by atoms with Gasteiger partial charge in [0.15, 0.2) is 0 Å². The van der Waals surface area contributed by atoms with Crippen LogP contribution < -0.4 is 10.6 Å². The molecule has 0 aliphatic heterocycles. The molecule has 22 heavy (non-hydrogen) atoms. The maximum atomic E-state index is 13.5. The van der Waals surface area contributed by atoms with E-state index < -0.39 is 5.82 Å². The molecule has 3 nitrogen and oxygen atoms in total. The van der Waals surface area contributed by atoms with E-state index in [2.05, 4.69) is 10.6 Å². The quantitative estimate of drug-likeness (QED) is 0.845. The Labute approximate surface area is 138 Å². The summed E-state index contributed by atoms with van der Waals surface area (Å²) in [7, 11) is 0. The van der Waals surface area contributed by atoms with E-state index in [4.69, 9.17) is 23.2 Å². The smallest absolute Gasteiger partial charge is 0.238 e. The Morgan fingerprint density at radius 2 is 1.91 bits per heavy atom. The molecule has 0 fully saturated rings. The SMILES string of the molecule is C[C@@H](NCC(=O)Nc1cc(Cl)ccc1F)c1cccc(Cl)c1. The zero-order chi connectivity index (χ0) is 16.1. The molecule has 0 aliphatic rings. The van der Waals surface area contributed by atoms with Gasteiger partial charge >= 0.3 is 0 Å². The molecule has 2 N–H and O–H groups in total. The lowest BCUT2D eigenvalue weighted by atomic mass is 10.1. The summed E-state index contributed by atoms with van der Waals surface area (Å²) in [5.41, 5.74) is 1.03. The standard InChI is InChI=1S/C16H15Cl2FN2O/c1-10(11-3-2-4-12(17)7-11)20-9-16(22)21-15-8-13(18)5-6-14(15)19/h2-8,10,20H,9H2,1H3,(H,21,22)/t10-/m1/s1. The maximum absolute atomic E-state index is 13.5. The van der Waals surface area contributed by atoms with Crippen LogP contribution in [0, 0.1) is 5.82 Å². The molecule has 0 aromatic heterocycles. The highest BCUT2D eigenvalue weighted by Crippen LogP contribution is 2.20. The molecule has 1 amide bonds. The number of anilines is 1. The van der Waals surface area contributed by atoms with Gasteiger partial charge in [0.2, 0.25) is 5.91 Å². The average molecular weight is 341 g/mol. The fraction of sp³-hybridized carbons (Fsp3) is 0.188. The fourth-order valence-electron chi connectivity index (χ4n) is 1.93. The second-order valence-electron chi connectivity index (χ2n) is 4.83. The van der Waals surface area contributed by atoms with Gasteiger partial charge in [0.25, 0.3) is 0 Å². The first-order valence-electron chi connectivity index (χ1n) is 6.69. The van der Waals surface area contributed by atoms with Crippen molar-refractivity contribution in [2.75, 3.05) is 11.9 Å². The molecule has 2 rings (SSSR count). The summed E-state index contributed by atoms with van der Waals surface area (Å²) in [6.07, 6.45) is 0. The van der Waals surface area contributed by atoms with Crippen LogP contribution in [0.15, 0.2) is 42.5 Å². The van der Waals surface area contributed by atoms with E-state index in [1.54, 1.807) is 6.07 Å². The molecule has 0 radical (unpaired) electrons. The van der Waals surface area contributed by atoms with Crippen molar-refractivity contribution in [3.05, 3.63) is 63.9 Å². The highest BCUT2D eigenvalue weighted by Gasteiger charge is 2.10. The Morgan fingerprint density at radius 3 is 2.64 bits per heavy atom. The summed E-state index contributed by atoms with van der Waals surface area (Å²) in [6, 6.07) is 11.3. The van der Waals surface area contributed by atoms with Gasteiger partial charge in [-0.3, -0.25) is 4.79 Å². The minimum Gasteiger partial charge on any atom is -0.322 e. The number of halogens is 3. The Kier molecular flexibility index (Phi) is 5.77. The number of carbonyl (C=O) groups is 1. The Bertz CT molecular complexity index is 679. The first kappa shape index (κ1) is 16.7. The zero-order valence-corrected chi connectivity index (χ0v) is 13.4. The number of amides is 1. The third kappa shape index (κ3) is 4.70. The van der Waals surface area contributed by atoms with Gasteiger partial charge in [-0.1, -0.05) is 35.3 Å². The number of benzene rings is 2. The van der Waals surface area contributed by atoms with Crippen molar-refractivity contribution in [3.63, 3.8) is 0 Å². The van der Waals surface area contributed by atoms with E-state index in [1.165, 1.54) is 18.2 Å². The summed E-state index contributed by atoms with van der Waals surface area (Å²) in [6.45, 7) is 1.96. The van der Waals surface area contributed by atoms with Crippen LogP contribution >= 0.6 is 23.2 Å². The predicted octanol–water partition coefficient (Wildman–Crippen LogP) is 4.42. The number of rotatable bonds is 5. The monoisotopic (exact) mass is 340 g/mol. The first-order valence-corrected chi connectivity index (χ1v) is 7.45. The summed E-state index contributed by atoms with van der Waals surface area (Å²) >= 11 is 11.7. The highest BCUT2D eigenvalue weighted by molar-refractivity contribution is 6.31. The summed E-state index contributed by atoms with van der Waals surface area (Å²) in [4.78, 5) is 11.9. The van der Waals surface area contributed by atoms with Crippen LogP contribution in [-0.2, 0) is 4.79 Å². The van der Waals surface area contributed by atoms with Crippen molar-refractivity contribution in [2.24, 2.45) is 0 Å². The molecular weight excluding hydrogens is 326 g/mol. The molecule has 0 aliphatic carbocycles. The molecule has 2 aromatic carbocycles. The molecule has 0 bridgehead atoms. The van der Waals surface area contributed by atoms with Crippen molar-refractivity contribution >= 4 is 34.8 Å². The normalized spacial score (nSPS) is 12.0. The van der Waals surface area contributed by atoms with Gasteiger partial charge in [0.1, 0.15) is 5.82 Å². The van der Waals surface area contributed by atoms with Crippen LogP contribution in [0.4, 0.5) is 10.1 Å². The third-order valence-corrected chi connectivity index (χ3v) is 3.59. The van der Waals surface area contributed by atoms with Crippen LogP contribution in [0.1, 0.15) is 18.5 Å². The largest absolute Gasteiger partial charge is 0.322 e. The Balaban J connectivity index is 1.91. The molecule has 0 saturated heterocycles. The van der Waals surface area contributed by atoms with E-state index in [9.17, 15) is 9.18 Å². The van der Waals surface area contributed by atoms with E-state index in [0.29, 0.717) is 10.0 Å². The number of carbonyl (C=O) groups excluding carboxylic acids is 1. The minimum atomic E-state index is -0.527. The summed E-state index contributed by atoms with van der Waals surface area (Å²) < 4.78 is 13.5. The molecule has 116 valence electrons. The van der Waals surface area contributed by atoms with E-state index >= 15 is 0 Å². The first-order chi connectivity index (χ1) is 10.5. The van der Waals surface area contributed by atoms with Crippen LogP contribution in [0.5, 0.6) is 0 Å². The molecular formula is C16H15Cl2FN2O. The van der Waals surface area contributed by atoms with Crippen molar-refractivity contribution in [3.8, 4) is 0 Å². The average Bonchev–Trinajstić information content (AvgIpc) is 2.48. The van der Waals surface area contributed by atoms with Crippen LogP contribution in [0.3, 0.4) is 0 Å². The topological polar surface area (TPSA) is 41.1 Å². The predicted molar refractivity (Wildman–Crippen MR) is 87.9 cm³/mol. The highest BCUT2D eigenvalue weighted by atomic mass is 35.5. The second-order valence-corrected chi connectivity index (χ2v) is 5.70. The summed E-state index contributed by atoms with van der Waals surface area (Å²) in [5, 5.41) is 6.53. The van der Waals surface area contributed by atoms with Crippen LogP contribution in [0.25, 0.3) is 0 Å². The molecule has 0 unspecified atom stereocenters. The zero-order valence-electron chi connectivity index (χ0n) is 11.9. The van der Waals surface area contributed by atoms with Gasteiger partial charge in [0.05, 0.1) is 12.2 Å². The third-order valence-electron chi connectivity index (χ3n) is 3.12. The van der Waals surface area contributed by atoms with Gasteiger partial charge in [-0.15, -0.1) is 0 Å². The van der Waals surface area contributed by atoms with E-state index in [-0.39, 0.29) is 24.2 Å². The van der Waals surface area contributed by atoms with Crippen LogP contribution in [-0.4, -0.2) is 12.5 Å².